The van der Waals surface area contributed by atoms with Crippen LogP contribution in [0, 0.1) is 0 Å². The number of ether oxygens (including phenoxy) is 1. The Morgan fingerprint density at radius 3 is 2.79 bits per heavy atom. The van der Waals surface area contributed by atoms with Crippen LogP contribution in [0.15, 0.2) is 54.7 Å². The van der Waals surface area contributed by atoms with Gasteiger partial charge in [0.25, 0.3) is 5.91 Å². The topological polar surface area (TPSA) is 83.5 Å². The van der Waals surface area contributed by atoms with Crippen molar-refractivity contribution in [2.45, 2.75) is 52.0 Å². The van der Waals surface area contributed by atoms with Crippen molar-refractivity contribution in [3.05, 3.63) is 76.7 Å². The Morgan fingerprint density at radius 2 is 1.97 bits per heavy atom. The fourth-order valence-electron chi connectivity index (χ4n) is 5.00. The van der Waals surface area contributed by atoms with E-state index in [-0.39, 0.29) is 5.91 Å². The number of carbonyl (C=O) groups is 2. The maximum Gasteiger partial charge on any atom is 0.416 e. The summed E-state index contributed by atoms with van der Waals surface area (Å²) in [4.78, 5) is 38.4. The van der Waals surface area contributed by atoms with Crippen LogP contribution >= 0.6 is 11.6 Å². The Labute approximate surface area is 233 Å². The van der Waals surface area contributed by atoms with E-state index in [2.05, 4.69) is 18.0 Å². The third-order valence-electron chi connectivity index (χ3n) is 7.21. The molecule has 1 aliphatic rings. The average molecular weight is 548 g/mol. The van der Waals surface area contributed by atoms with Gasteiger partial charge in [0.2, 0.25) is 5.88 Å². The van der Waals surface area contributed by atoms with Crippen LogP contribution in [0.25, 0.3) is 10.9 Å². The van der Waals surface area contributed by atoms with Crippen molar-refractivity contribution < 1.29 is 14.3 Å². The molecule has 0 unspecified atom stereocenters. The number of nitrogens with zero attached hydrogens (tertiary/aromatic N) is 4. The Bertz CT molecular complexity index is 1480. The van der Waals surface area contributed by atoms with Gasteiger partial charge >= 0.3 is 6.09 Å². The zero-order valence-corrected chi connectivity index (χ0v) is 23.2. The van der Waals surface area contributed by atoms with E-state index in [0.29, 0.717) is 48.3 Å². The molecule has 0 radical (unpaired) electrons. The minimum Gasteiger partial charge on any atom is -0.389 e. The van der Waals surface area contributed by atoms with Crippen molar-refractivity contribution in [3.8, 4) is 5.88 Å². The van der Waals surface area contributed by atoms with Crippen LogP contribution < -0.4 is 9.64 Å². The molecule has 0 bridgehead atoms. The van der Waals surface area contributed by atoms with Gasteiger partial charge in [-0.2, -0.15) is 0 Å². The summed E-state index contributed by atoms with van der Waals surface area (Å²) in [6, 6.07) is 15.0. The molecular weight excluding hydrogens is 514 g/mol. The number of likely N-dealkylation sites (N-methyl/N-ethyl adjacent to an activating group) is 1. The van der Waals surface area contributed by atoms with Crippen molar-refractivity contribution in [2.24, 2.45) is 0 Å². The lowest BCUT2D eigenvalue weighted by Crippen LogP contribution is -2.35. The monoisotopic (exact) mass is 547 g/mol. The van der Waals surface area contributed by atoms with Crippen LogP contribution in [-0.2, 0) is 19.4 Å². The number of para-hydroxylation sites is 1. The number of benzene rings is 2. The predicted molar refractivity (Wildman–Crippen MR) is 154 cm³/mol. The summed E-state index contributed by atoms with van der Waals surface area (Å²) in [5.74, 6) is 1.34. The third-order valence-corrected chi connectivity index (χ3v) is 7.44. The number of unbranched alkanes of at least 4 members (excludes halogenated alkanes) is 1. The van der Waals surface area contributed by atoms with E-state index < -0.39 is 6.09 Å². The van der Waals surface area contributed by atoms with Crippen molar-refractivity contribution in [2.75, 3.05) is 25.0 Å². The summed E-state index contributed by atoms with van der Waals surface area (Å²) in [5, 5.41) is 1.64. The number of H-pyrrole nitrogens is 1. The second kappa shape index (κ2) is 11.9. The molecule has 1 N–H and O–H groups in total. The molecule has 2 aromatic carbocycles. The molecule has 2 amide bonds. The van der Waals surface area contributed by atoms with Gasteiger partial charge in [-0.15, -0.1) is 0 Å². The number of halogens is 1. The molecule has 0 fully saturated rings. The Morgan fingerprint density at radius 1 is 1.13 bits per heavy atom. The summed E-state index contributed by atoms with van der Waals surface area (Å²) in [7, 11) is 1.73. The van der Waals surface area contributed by atoms with Gasteiger partial charge in [-0.1, -0.05) is 49.2 Å². The number of hydrogen-bond acceptors (Lipinski definition) is 4. The molecule has 204 valence electrons. The second-order valence-corrected chi connectivity index (χ2v) is 10.4. The number of fused-ring (bicyclic) bond motifs is 2. The highest BCUT2D eigenvalue weighted by Crippen LogP contribution is 2.34. The quantitative estimate of drug-likeness (QED) is 0.260. The van der Waals surface area contributed by atoms with Crippen LogP contribution in [-0.4, -0.2) is 51.6 Å². The number of aromatic amines is 1. The van der Waals surface area contributed by atoms with Gasteiger partial charge in [0, 0.05) is 60.8 Å². The SMILES string of the molecule is CCCCN(C(=O)c1cccc(Cl)c1)c1nc2n(c1OC(=O)N(C)CCc1c[nH]c3ccccc13)CCCC2. The maximum atomic E-state index is 13.7. The number of aromatic nitrogens is 3. The lowest BCUT2D eigenvalue weighted by atomic mass is 10.1. The number of aryl methyl sites for hydroxylation is 1. The minimum atomic E-state index is -0.477. The molecular formula is C30H34ClN5O3. The van der Waals surface area contributed by atoms with E-state index in [1.807, 2.05) is 29.0 Å². The second-order valence-electron chi connectivity index (χ2n) is 9.99. The zero-order chi connectivity index (χ0) is 27.4. The summed E-state index contributed by atoms with van der Waals surface area (Å²) < 4.78 is 7.99. The first kappa shape index (κ1) is 26.8. The molecule has 5 rings (SSSR count). The van der Waals surface area contributed by atoms with Crippen LogP contribution in [0.1, 0.15) is 54.4 Å². The van der Waals surface area contributed by atoms with E-state index in [0.717, 1.165) is 54.4 Å². The Balaban J connectivity index is 1.40. The highest BCUT2D eigenvalue weighted by molar-refractivity contribution is 6.31. The first-order chi connectivity index (χ1) is 19.0. The number of nitrogens with one attached hydrogen (secondary N) is 1. The number of amides is 2. The number of anilines is 1. The van der Waals surface area contributed by atoms with Gasteiger partial charge in [0.15, 0.2) is 5.82 Å². The highest BCUT2D eigenvalue weighted by Gasteiger charge is 2.31. The van der Waals surface area contributed by atoms with Gasteiger partial charge in [-0.25, -0.2) is 9.78 Å². The van der Waals surface area contributed by atoms with Crippen molar-refractivity contribution >= 4 is 40.3 Å². The summed E-state index contributed by atoms with van der Waals surface area (Å²) >= 11 is 6.19. The normalized spacial score (nSPS) is 12.8. The molecule has 0 spiro atoms. The van der Waals surface area contributed by atoms with E-state index in [4.69, 9.17) is 21.3 Å². The van der Waals surface area contributed by atoms with E-state index in [1.165, 1.54) is 0 Å². The van der Waals surface area contributed by atoms with Crippen LogP contribution in [0.5, 0.6) is 5.88 Å². The highest BCUT2D eigenvalue weighted by atomic mass is 35.5. The van der Waals surface area contributed by atoms with Crippen molar-refractivity contribution in [1.29, 1.82) is 0 Å². The molecule has 39 heavy (non-hydrogen) atoms. The van der Waals surface area contributed by atoms with Crippen molar-refractivity contribution in [3.63, 3.8) is 0 Å². The standard InChI is InChI=1S/C30H34ClN5O3/c1-3-4-16-36(28(37)21-10-9-11-23(31)19-21)27-29(35-17-8-7-14-26(35)33-27)39-30(38)34(2)18-15-22-20-32-25-13-6-5-12-24(22)25/h5-6,9-13,19-20,32H,3-4,7-8,14-18H2,1-2H3. The first-order valence-corrected chi connectivity index (χ1v) is 14.0. The van der Waals surface area contributed by atoms with E-state index >= 15 is 0 Å². The molecule has 0 aliphatic carbocycles. The maximum absolute atomic E-state index is 13.7. The summed E-state index contributed by atoms with van der Waals surface area (Å²) in [6.45, 7) is 3.71. The number of carbonyl (C=O) groups excluding carboxylic acids is 2. The largest absolute Gasteiger partial charge is 0.416 e. The number of imidazole rings is 1. The summed E-state index contributed by atoms with van der Waals surface area (Å²) in [6.07, 6.45) is 6.62. The lowest BCUT2D eigenvalue weighted by Gasteiger charge is -2.23. The minimum absolute atomic E-state index is 0.216. The number of rotatable bonds is 9. The first-order valence-electron chi connectivity index (χ1n) is 13.6. The van der Waals surface area contributed by atoms with Gasteiger partial charge in [-0.3, -0.25) is 14.3 Å². The molecule has 4 aromatic rings. The fraction of sp³-hybridized carbons (Fsp3) is 0.367. The Hall–Kier alpha value is -3.78. The average Bonchev–Trinajstić information content (AvgIpc) is 3.53. The van der Waals surface area contributed by atoms with Gasteiger partial charge in [-0.05, 0) is 55.5 Å². The van der Waals surface area contributed by atoms with E-state index in [9.17, 15) is 9.59 Å². The van der Waals surface area contributed by atoms with E-state index in [1.54, 1.807) is 41.1 Å². The van der Waals surface area contributed by atoms with Crippen LogP contribution in [0.4, 0.5) is 10.6 Å². The molecule has 8 nitrogen and oxygen atoms in total. The van der Waals surface area contributed by atoms with Crippen LogP contribution in [0.2, 0.25) is 5.02 Å². The molecule has 0 atom stereocenters. The molecule has 2 aromatic heterocycles. The smallest absolute Gasteiger partial charge is 0.389 e. The van der Waals surface area contributed by atoms with Gasteiger partial charge < -0.3 is 14.6 Å². The number of hydrogen-bond donors (Lipinski definition) is 1. The summed E-state index contributed by atoms with van der Waals surface area (Å²) in [5.41, 5.74) is 2.69. The van der Waals surface area contributed by atoms with Crippen LogP contribution in [0.3, 0.4) is 0 Å². The van der Waals surface area contributed by atoms with Gasteiger partial charge in [0.05, 0.1) is 0 Å². The predicted octanol–water partition coefficient (Wildman–Crippen LogP) is 6.47. The van der Waals surface area contributed by atoms with Gasteiger partial charge in [0.1, 0.15) is 5.82 Å². The third kappa shape index (κ3) is 5.81. The molecule has 3 heterocycles. The molecule has 0 saturated carbocycles. The zero-order valence-electron chi connectivity index (χ0n) is 22.5. The molecule has 1 aliphatic heterocycles. The lowest BCUT2D eigenvalue weighted by molar-refractivity contribution is 0.0984. The molecule has 0 saturated heterocycles. The molecule has 9 heteroatoms. The Kier molecular flexibility index (Phi) is 8.21. The van der Waals surface area contributed by atoms with Crippen molar-refractivity contribution in [1.82, 2.24) is 19.4 Å². The fourth-order valence-corrected chi connectivity index (χ4v) is 5.19.